The van der Waals surface area contributed by atoms with Gasteiger partial charge in [-0.05, 0) is 30.2 Å². The number of nitrogens with zero attached hydrogens (tertiary/aromatic N) is 1. The van der Waals surface area contributed by atoms with E-state index in [4.69, 9.17) is 5.11 Å². The van der Waals surface area contributed by atoms with Crippen molar-refractivity contribution in [3.8, 4) is 0 Å². The predicted octanol–water partition coefficient (Wildman–Crippen LogP) is 1.87. The van der Waals surface area contributed by atoms with E-state index in [1.807, 2.05) is 31.2 Å². The Kier molecular flexibility index (Phi) is 3.48. The van der Waals surface area contributed by atoms with Gasteiger partial charge >= 0.3 is 0 Å². The van der Waals surface area contributed by atoms with Crippen LogP contribution in [0.2, 0.25) is 0 Å². The molecular formula is C10H13NO. The van der Waals surface area contributed by atoms with Crippen molar-refractivity contribution in [2.45, 2.75) is 13.3 Å². The van der Waals surface area contributed by atoms with Crippen LogP contribution in [0.4, 0.5) is 0 Å². The Balaban J connectivity index is 2.79. The molecule has 0 spiro atoms. The molecule has 0 saturated heterocycles. The molecule has 0 aromatic carbocycles. The number of aliphatic hydroxyl groups is 1. The Morgan fingerprint density at radius 2 is 2.42 bits per heavy atom. The molecule has 0 aliphatic heterocycles. The Morgan fingerprint density at radius 3 is 2.92 bits per heavy atom. The second-order valence-corrected chi connectivity index (χ2v) is 2.57. The molecule has 0 unspecified atom stereocenters. The van der Waals surface area contributed by atoms with E-state index in [0.717, 1.165) is 17.7 Å². The molecule has 2 nitrogen and oxygen atoms in total. The summed E-state index contributed by atoms with van der Waals surface area (Å²) in [7, 11) is 0. The number of aromatic nitrogens is 1. The summed E-state index contributed by atoms with van der Waals surface area (Å²) in [5, 5.41) is 8.89. The molecule has 0 aliphatic rings. The van der Waals surface area contributed by atoms with Crippen molar-refractivity contribution < 1.29 is 5.11 Å². The molecule has 0 atom stereocenters. The van der Waals surface area contributed by atoms with Crippen LogP contribution in [0.3, 0.4) is 0 Å². The fraction of sp³-hybridized carbons (Fsp3) is 0.300. The van der Waals surface area contributed by atoms with Crippen molar-refractivity contribution in [2.75, 3.05) is 6.61 Å². The van der Waals surface area contributed by atoms with Gasteiger partial charge in [0.2, 0.25) is 0 Å². The molecule has 2 heteroatoms. The van der Waals surface area contributed by atoms with E-state index >= 15 is 0 Å². The minimum atomic E-state index is 0.118. The molecule has 1 rings (SSSR count). The predicted molar refractivity (Wildman–Crippen MR) is 49.6 cm³/mol. The Bertz CT molecular complexity index is 248. The zero-order valence-corrected chi connectivity index (χ0v) is 7.20. The average Bonchev–Trinajstić information content (AvgIpc) is 2.16. The van der Waals surface area contributed by atoms with Crippen molar-refractivity contribution in [3.63, 3.8) is 0 Å². The number of aliphatic hydroxyl groups excluding tert-OH is 1. The number of hydrogen-bond acceptors (Lipinski definition) is 2. The highest BCUT2D eigenvalue weighted by Gasteiger charge is 1.92. The van der Waals surface area contributed by atoms with Crippen LogP contribution in [-0.4, -0.2) is 16.7 Å². The lowest BCUT2D eigenvalue weighted by atomic mass is 10.2. The maximum Gasteiger partial charge on any atom is 0.0645 e. The lowest BCUT2D eigenvalue weighted by molar-refractivity contribution is 0.329. The summed E-state index contributed by atoms with van der Waals surface area (Å²) >= 11 is 0. The van der Waals surface area contributed by atoms with Crippen molar-refractivity contribution >= 4 is 6.08 Å². The van der Waals surface area contributed by atoms with Crippen LogP contribution in [0.25, 0.3) is 6.08 Å². The highest BCUT2D eigenvalue weighted by atomic mass is 16.3. The van der Waals surface area contributed by atoms with Gasteiger partial charge in [0, 0.05) is 6.20 Å². The quantitative estimate of drug-likeness (QED) is 0.737. The second-order valence-electron chi connectivity index (χ2n) is 2.57. The van der Waals surface area contributed by atoms with E-state index in [-0.39, 0.29) is 6.61 Å². The fourth-order valence-corrected chi connectivity index (χ4v) is 0.930. The van der Waals surface area contributed by atoms with Crippen molar-refractivity contribution in [1.29, 1.82) is 0 Å². The first-order valence-corrected chi connectivity index (χ1v) is 4.08. The van der Waals surface area contributed by atoms with Crippen LogP contribution in [0.5, 0.6) is 0 Å². The van der Waals surface area contributed by atoms with Gasteiger partial charge in [-0.25, -0.2) is 0 Å². The number of rotatable bonds is 3. The van der Waals surface area contributed by atoms with Gasteiger partial charge in [0.05, 0.1) is 12.3 Å². The van der Waals surface area contributed by atoms with Crippen LogP contribution >= 0.6 is 0 Å². The number of pyridine rings is 1. The molecule has 0 amide bonds. The lowest BCUT2D eigenvalue weighted by Crippen LogP contribution is -1.88. The third-order valence-corrected chi connectivity index (χ3v) is 1.70. The van der Waals surface area contributed by atoms with E-state index in [1.54, 1.807) is 6.20 Å². The largest absolute Gasteiger partial charge is 0.392 e. The summed E-state index contributed by atoms with van der Waals surface area (Å²) in [6.45, 7) is 2.14. The normalized spacial score (nSPS) is 11.7. The first-order chi connectivity index (χ1) is 5.86. The highest BCUT2D eigenvalue weighted by Crippen LogP contribution is 2.05. The minimum Gasteiger partial charge on any atom is -0.392 e. The molecule has 0 saturated carbocycles. The minimum absolute atomic E-state index is 0.118. The van der Waals surface area contributed by atoms with Crippen LogP contribution in [0, 0.1) is 0 Å². The maximum absolute atomic E-state index is 8.89. The monoisotopic (exact) mass is 163 g/mol. The topological polar surface area (TPSA) is 33.1 Å². The molecule has 0 fully saturated rings. The molecule has 0 radical (unpaired) electrons. The Morgan fingerprint density at radius 1 is 1.58 bits per heavy atom. The van der Waals surface area contributed by atoms with Crippen LogP contribution < -0.4 is 0 Å². The summed E-state index contributed by atoms with van der Waals surface area (Å²) in [5.74, 6) is 0. The van der Waals surface area contributed by atoms with E-state index in [0.29, 0.717) is 0 Å². The molecular weight excluding hydrogens is 150 g/mol. The summed E-state index contributed by atoms with van der Waals surface area (Å²) in [5.41, 5.74) is 1.91. The molecule has 1 aromatic heterocycles. The SMILES string of the molecule is CCC(=Cc1ccccn1)CO. The van der Waals surface area contributed by atoms with Crippen LogP contribution in [0.15, 0.2) is 30.0 Å². The summed E-state index contributed by atoms with van der Waals surface area (Å²) in [4.78, 5) is 4.13. The van der Waals surface area contributed by atoms with Crippen molar-refractivity contribution in [2.24, 2.45) is 0 Å². The van der Waals surface area contributed by atoms with Gasteiger partial charge in [0.25, 0.3) is 0 Å². The second kappa shape index (κ2) is 4.67. The summed E-state index contributed by atoms with van der Waals surface area (Å²) < 4.78 is 0. The molecule has 1 heterocycles. The average molecular weight is 163 g/mol. The Labute approximate surface area is 72.6 Å². The van der Waals surface area contributed by atoms with Gasteiger partial charge in [-0.3, -0.25) is 4.98 Å². The van der Waals surface area contributed by atoms with E-state index in [9.17, 15) is 0 Å². The smallest absolute Gasteiger partial charge is 0.0645 e. The molecule has 0 aliphatic carbocycles. The van der Waals surface area contributed by atoms with E-state index in [2.05, 4.69) is 4.98 Å². The number of hydrogen-bond donors (Lipinski definition) is 1. The zero-order valence-electron chi connectivity index (χ0n) is 7.20. The molecule has 1 N–H and O–H groups in total. The van der Waals surface area contributed by atoms with Crippen molar-refractivity contribution in [1.82, 2.24) is 4.98 Å². The van der Waals surface area contributed by atoms with Gasteiger partial charge in [-0.2, -0.15) is 0 Å². The van der Waals surface area contributed by atoms with Gasteiger partial charge < -0.3 is 5.11 Å². The third-order valence-electron chi connectivity index (χ3n) is 1.70. The van der Waals surface area contributed by atoms with Crippen molar-refractivity contribution in [3.05, 3.63) is 35.7 Å². The van der Waals surface area contributed by atoms with Gasteiger partial charge in [-0.15, -0.1) is 0 Å². The standard InChI is InChI=1S/C10H13NO/c1-2-9(8-12)7-10-5-3-4-6-11-10/h3-7,12H,2,8H2,1H3. The fourth-order valence-electron chi connectivity index (χ4n) is 0.930. The molecule has 0 bridgehead atoms. The zero-order chi connectivity index (χ0) is 8.81. The summed E-state index contributed by atoms with van der Waals surface area (Å²) in [6, 6.07) is 5.73. The lowest BCUT2D eigenvalue weighted by Gasteiger charge is -1.98. The van der Waals surface area contributed by atoms with Gasteiger partial charge in [0.1, 0.15) is 0 Å². The highest BCUT2D eigenvalue weighted by molar-refractivity contribution is 5.48. The van der Waals surface area contributed by atoms with Gasteiger partial charge in [0.15, 0.2) is 0 Å². The molecule has 64 valence electrons. The van der Waals surface area contributed by atoms with Crippen LogP contribution in [-0.2, 0) is 0 Å². The Hall–Kier alpha value is -1.15. The van der Waals surface area contributed by atoms with Crippen LogP contribution in [0.1, 0.15) is 19.0 Å². The first-order valence-electron chi connectivity index (χ1n) is 4.08. The third kappa shape index (κ3) is 2.47. The van der Waals surface area contributed by atoms with E-state index < -0.39 is 0 Å². The molecule has 1 aromatic rings. The van der Waals surface area contributed by atoms with E-state index in [1.165, 1.54) is 0 Å². The first kappa shape index (κ1) is 8.94. The maximum atomic E-state index is 8.89. The van der Waals surface area contributed by atoms with Gasteiger partial charge in [-0.1, -0.05) is 13.0 Å². The molecule has 12 heavy (non-hydrogen) atoms. The summed E-state index contributed by atoms with van der Waals surface area (Å²) in [6.07, 6.45) is 4.53.